The van der Waals surface area contributed by atoms with Crippen LogP contribution in [0.15, 0.2) is 0 Å². The fraction of sp³-hybridized carbons (Fsp3) is 1.00. The molecule has 0 saturated carbocycles. The molecular formula is C6H13N2Re-. The summed E-state index contributed by atoms with van der Waals surface area (Å²) in [4.78, 5) is 0. The van der Waals surface area contributed by atoms with E-state index in [9.17, 15) is 0 Å². The third kappa shape index (κ3) is 2.77. The van der Waals surface area contributed by atoms with Crippen molar-refractivity contribution in [2.75, 3.05) is 6.54 Å². The topological polar surface area (TPSA) is 26.1 Å². The summed E-state index contributed by atoms with van der Waals surface area (Å²) in [6.07, 6.45) is 1.22. The average molecular weight is 299 g/mol. The smallest absolute Gasteiger partial charge is 0 e. The first kappa shape index (κ1) is 9.58. The van der Waals surface area contributed by atoms with Crippen molar-refractivity contribution in [3.8, 4) is 0 Å². The predicted octanol–water partition coefficient (Wildman–Crippen LogP) is 1.29. The van der Waals surface area contributed by atoms with Crippen LogP contribution in [0.3, 0.4) is 0 Å². The van der Waals surface area contributed by atoms with E-state index in [2.05, 4.69) is 24.7 Å². The first-order chi connectivity index (χ1) is 3.80. The van der Waals surface area contributed by atoms with Crippen molar-refractivity contribution in [3.05, 3.63) is 5.43 Å². The van der Waals surface area contributed by atoms with Crippen molar-refractivity contribution in [1.29, 1.82) is 0 Å². The summed E-state index contributed by atoms with van der Waals surface area (Å²) in [5.41, 5.74) is 7.12. The average Bonchev–Trinajstić information content (AvgIpc) is 2.12. The molecule has 1 aliphatic rings. The zero-order valence-corrected chi connectivity index (χ0v) is 8.61. The zero-order chi connectivity index (χ0) is 5.98. The van der Waals surface area contributed by atoms with E-state index in [1.54, 1.807) is 0 Å². The Balaban J connectivity index is 0.000000640. The van der Waals surface area contributed by atoms with Gasteiger partial charge in [-0.1, -0.05) is 20.3 Å². The molecule has 1 aliphatic heterocycles. The van der Waals surface area contributed by atoms with E-state index in [-0.39, 0.29) is 20.4 Å². The first-order valence-electron chi connectivity index (χ1n) is 3.22. The van der Waals surface area contributed by atoms with Gasteiger partial charge in [-0.3, -0.25) is 0 Å². The number of hydrogen-bond donors (Lipinski definition) is 1. The number of nitrogens with zero attached hydrogens (tertiary/aromatic N) is 1. The van der Waals surface area contributed by atoms with Gasteiger partial charge in [-0.15, -0.1) is 6.54 Å². The number of hydrogen-bond acceptors (Lipinski definition) is 1. The summed E-state index contributed by atoms with van der Waals surface area (Å²) >= 11 is 0. The van der Waals surface area contributed by atoms with Gasteiger partial charge in [0.2, 0.25) is 0 Å². The van der Waals surface area contributed by atoms with Crippen molar-refractivity contribution in [2.24, 2.45) is 5.92 Å². The first-order valence-corrected chi connectivity index (χ1v) is 3.22. The molecule has 1 N–H and O–H groups in total. The van der Waals surface area contributed by atoms with Gasteiger partial charge in [0.1, 0.15) is 0 Å². The van der Waals surface area contributed by atoms with Crippen molar-refractivity contribution < 1.29 is 20.4 Å². The molecule has 1 heterocycles. The molecule has 0 aromatic carbocycles. The molecule has 55 valence electrons. The Hall–Kier alpha value is 0.582. The van der Waals surface area contributed by atoms with Crippen molar-refractivity contribution >= 4 is 0 Å². The molecule has 0 amide bonds. The summed E-state index contributed by atoms with van der Waals surface area (Å²) in [7, 11) is 0. The van der Waals surface area contributed by atoms with Crippen LogP contribution in [0.1, 0.15) is 20.3 Å². The van der Waals surface area contributed by atoms with Gasteiger partial charge in [-0.25, -0.2) is 0 Å². The van der Waals surface area contributed by atoms with Gasteiger partial charge in [0.25, 0.3) is 0 Å². The second kappa shape index (κ2) is 4.41. The number of nitrogens with one attached hydrogen (secondary N) is 1. The van der Waals surface area contributed by atoms with Crippen LogP contribution in [0, 0.1) is 5.92 Å². The zero-order valence-electron chi connectivity index (χ0n) is 5.89. The maximum absolute atomic E-state index is 4.04. The summed E-state index contributed by atoms with van der Waals surface area (Å²) in [5.74, 6) is 0.737. The summed E-state index contributed by atoms with van der Waals surface area (Å²) in [6, 6.07) is 0.648. The molecular weight excluding hydrogens is 286 g/mol. The molecule has 0 spiro atoms. The maximum Gasteiger partial charge on any atom is 0 e. The van der Waals surface area contributed by atoms with Crippen molar-refractivity contribution in [1.82, 2.24) is 5.43 Å². The standard InChI is InChI=1S/C6H13N2.Re/c1-5(2)6-3-4-7-8-6;/h5-6,8H,3-4H2,1-2H3;/q-1;. The minimum atomic E-state index is 0. The third-order valence-electron chi connectivity index (χ3n) is 1.61. The summed E-state index contributed by atoms with van der Waals surface area (Å²) < 4.78 is 0. The molecule has 2 nitrogen and oxygen atoms in total. The van der Waals surface area contributed by atoms with Crippen LogP contribution >= 0.6 is 0 Å². The number of rotatable bonds is 1. The Morgan fingerprint density at radius 3 is 2.44 bits per heavy atom. The maximum atomic E-state index is 4.04. The quantitative estimate of drug-likeness (QED) is 0.776. The largest absolute Gasteiger partial charge is 0.597 e. The molecule has 1 fully saturated rings. The molecule has 1 atom stereocenters. The van der Waals surface area contributed by atoms with Gasteiger partial charge in [-0.2, -0.15) is 0 Å². The molecule has 1 unspecified atom stereocenters. The SMILES string of the molecule is CC(C)C1CC[N-]N1.[Re]. The van der Waals surface area contributed by atoms with Crippen LogP contribution < -0.4 is 5.43 Å². The predicted molar refractivity (Wildman–Crippen MR) is 34.6 cm³/mol. The molecule has 0 aromatic heterocycles. The van der Waals surface area contributed by atoms with E-state index in [1.807, 2.05) is 0 Å². The second-order valence-electron chi connectivity index (χ2n) is 2.65. The Labute approximate surface area is 70.4 Å². The normalized spacial score (nSPS) is 26.3. The minimum absolute atomic E-state index is 0. The van der Waals surface area contributed by atoms with Gasteiger partial charge in [0.05, 0.1) is 0 Å². The minimum Gasteiger partial charge on any atom is -0.597 e. The van der Waals surface area contributed by atoms with Gasteiger partial charge < -0.3 is 10.9 Å². The van der Waals surface area contributed by atoms with E-state index < -0.39 is 0 Å². The van der Waals surface area contributed by atoms with Crippen molar-refractivity contribution in [2.45, 2.75) is 26.3 Å². The van der Waals surface area contributed by atoms with E-state index >= 15 is 0 Å². The molecule has 9 heavy (non-hydrogen) atoms. The molecule has 1 radical (unpaired) electrons. The van der Waals surface area contributed by atoms with E-state index in [0.717, 1.165) is 12.5 Å². The Bertz CT molecular complexity index is 69.5. The summed E-state index contributed by atoms with van der Waals surface area (Å²) in [5, 5.41) is 0. The van der Waals surface area contributed by atoms with Gasteiger partial charge in [0, 0.05) is 20.4 Å². The van der Waals surface area contributed by atoms with Gasteiger partial charge >= 0.3 is 0 Å². The van der Waals surface area contributed by atoms with E-state index in [1.165, 1.54) is 6.42 Å². The fourth-order valence-electron chi connectivity index (χ4n) is 0.932. The molecule has 0 aromatic rings. The second-order valence-corrected chi connectivity index (χ2v) is 2.65. The van der Waals surface area contributed by atoms with Crippen molar-refractivity contribution in [3.63, 3.8) is 0 Å². The van der Waals surface area contributed by atoms with Gasteiger partial charge in [-0.05, 0) is 12.0 Å². The molecule has 0 aliphatic carbocycles. The van der Waals surface area contributed by atoms with Crippen LogP contribution in [0.25, 0.3) is 5.43 Å². The third-order valence-corrected chi connectivity index (χ3v) is 1.61. The Kier molecular flexibility index (Phi) is 4.69. The van der Waals surface area contributed by atoms with Crippen LogP contribution in [0.5, 0.6) is 0 Å². The molecule has 3 heteroatoms. The van der Waals surface area contributed by atoms with Crippen LogP contribution in [-0.4, -0.2) is 12.6 Å². The molecule has 1 rings (SSSR count). The fourth-order valence-corrected chi connectivity index (χ4v) is 0.932. The molecule has 0 bridgehead atoms. The van der Waals surface area contributed by atoms with Crippen LogP contribution in [-0.2, 0) is 20.4 Å². The molecule has 1 saturated heterocycles. The van der Waals surface area contributed by atoms with Gasteiger partial charge in [0.15, 0.2) is 0 Å². The Morgan fingerprint density at radius 1 is 1.56 bits per heavy atom. The van der Waals surface area contributed by atoms with E-state index in [0.29, 0.717) is 6.04 Å². The Morgan fingerprint density at radius 2 is 2.22 bits per heavy atom. The van der Waals surface area contributed by atoms with E-state index in [4.69, 9.17) is 0 Å². The van der Waals surface area contributed by atoms with Crippen LogP contribution in [0.2, 0.25) is 0 Å². The monoisotopic (exact) mass is 300 g/mol. The van der Waals surface area contributed by atoms with Crippen LogP contribution in [0.4, 0.5) is 0 Å². The summed E-state index contributed by atoms with van der Waals surface area (Å²) in [6.45, 7) is 5.44.